The molecule has 0 saturated carbocycles. The summed E-state index contributed by atoms with van der Waals surface area (Å²) in [4.78, 5) is 12.2. The minimum absolute atomic E-state index is 0.350. The highest BCUT2D eigenvalue weighted by molar-refractivity contribution is 5.79. The van der Waals surface area contributed by atoms with Gasteiger partial charge in [-0.3, -0.25) is 4.57 Å². The van der Waals surface area contributed by atoms with Gasteiger partial charge in [0.1, 0.15) is 5.60 Å². The second kappa shape index (κ2) is 5.16. The number of hydrogen-bond acceptors (Lipinski definition) is 2. The van der Waals surface area contributed by atoms with E-state index < -0.39 is 5.60 Å². The van der Waals surface area contributed by atoms with Crippen molar-refractivity contribution in [3.8, 4) is 11.3 Å². The largest absolute Gasteiger partial charge is 0.443 e. The molecule has 1 aromatic carbocycles. The molecule has 20 heavy (non-hydrogen) atoms. The van der Waals surface area contributed by atoms with Crippen LogP contribution in [-0.4, -0.2) is 16.3 Å². The first kappa shape index (κ1) is 14.4. The van der Waals surface area contributed by atoms with Crippen LogP contribution in [0.4, 0.5) is 4.79 Å². The maximum atomic E-state index is 12.2. The second-order valence-corrected chi connectivity index (χ2v) is 6.12. The lowest BCUT2D eigenvalue weighted by molar-refractivity contribution is 0.0540. The van der Waals surface area contributed by atoms with Crippen LogP contribution in [-0.2, 0) is 4.74 Å². The number of aromatic nitrogens is 1. The van der Waals surface area contributed by atoms with E-state index in [4.69, 9.17) is 4.74 Å². The molecule has 0 aliphatic heterocycles. The zero-order chi connectivity index (χ0) is 14.9. The Morgan fingerprint density at radius 3 is 2.25 bits per heavy atom. The van der Waals surface area contributed by atoms with Gasteiger partial charge in [0.15, 0.2) is 0 Å². The molecule has 0 fully saturated rings. The van der Waals surface area contributed by atoms with E-state index in [9.17, 15) is 4.79 Å². The normalized spacial score (nSPS) is 11.4. The van der Waals surface area contributed by atoms with Crippen molar-refractivity contribution in [2.24, 2.45) is 0 Å². The van der Waals surface area contributed by atoms with Gasteiger partial charge in [0.05, 0.1) is 5.69 Å². The molecule has 3 nitrogen and oxygen atoms in total. The van der Waals surface area contributed by atoms with Gasteiger partial charge in [0.2, 0.25) is 0 Å². The maximum absolute atomic E-state index is 12.2. The Kier molecular flexibility index (Phi) is 3.71. The molecule has 106 valence electrons. The zero-order valence-electron chi connectivity index (χ0n) is 12.7. The fourth-order valence-electron chi connectivity index (χ4n) is 2.21. The van der Waals surface area contributed by atoms with E-state index in [0.29, 0.717) is 0 Å². The van der Waals surface area contributed by atoms with Crippen molar-refractivity contribution in [3.05, 3.63) is 47.7 Å². The Bertz CT molecular complexity index is 612. The predicted molar refractivity (Wildman–Crippen MR) is 81.0 cm³/mol. The van der Waals surface area contributed by atoms with E-state index in [-0.39, 0.29) is 6.09 Å². The molecular formula is C17H21NO2. The molecule has 0 aliphatic carbocycles. The maximum Gasteiger partial charge on any atom is 0.418 e. The number of nitrogens with zero attached hydrogens (tertiary/aromatic N) is 1. The summed E-state index contributed by atoms with van der Waals surface area (Å²) < 4.78 is 6.98. The summed E-state index contributed by atoms with van der Waals surface area (Å²) >= 11 is 0. The van der Waals surface area contributed by atoms with Crippen molar-refractivity contribution < 1.29 is 9.53 Å². The molecule has 2 aromatic rings. The van der Waals surface area contributed by atoms with Crippen LogP contribution in [0.3, 0.4) is 0 Å². The molecule has 0 N–H and O–H groups in total. The van der Waals surface area contributed by atoms with Crippen molar-refractivity contribution in [2.45, 2.75) is 40.2 Å². The Labute approximate surface area is 120 Å². The summed E-state index contributed by atoms with van der Waals surface area (Å²) in [5, 5.41) is 0. The lowest BCUT2D eigenvalue weighted by atomic mass is 10.1. The quantitative estimate of drug-likeness (QED) is 0.761. The SMILES string of the molecule is Cc1cc(C)cc(-c2cccn2C(=O)OC(C)(C)C)c1. The van der Waals surface area contributed by atoms with E-state index in [1.165, 1.54) is 11.1 Å². The van der Waals surface area contributed by atoms with Crippen LogP contribution < -0.4 is 0 Å². The molecule has 0 aliphatic rings. The average Bonchev–Trinajstić information content (AvgIpc) is 2.73. The molecular weight excluding hydrogens is 250 g/mol. The van der Waals surface area contributed by atoms with Gasteiger partial charge in [-0.1, -0.05) is 17.2 Å². The highest BCUT2D eigenvalue weighted by atomic mass is 16.6. The first-order valence-electron chi connectivity index (χ1n) is 6.76. The summed E-state index contributed by atoms with van der Waals surface area (Å²) in [6.07, 6.45) is 1.39. The Balaban J connectivity index is 2.40. The first-order valence-corrected chi connectivity index (χ1v) is 6.76. The van der Waals surface area contributed by atoms with Crippen molar-refractivity contribution in [1.82, 2.24) is 4.57 Å². The van der Waals surface area contributed by atoms with Crippen LogP contribution in [0.2, 0.25) is 0 Å². The third kappa shape index (κ3) is 3.29. The lowest BCUT2D eigenvalue weighted by Crippen LogP contribution is -2.27. The number of aryl methyl sites for hydroxylation is 2. The van der Waals surface area contributed by atoms with Gasteiger partial charge in [-0.15, -0.1) is 0 Å². The molecule has 0 bridgehead atoms. The highest BCUT2D eigenvalue weighted by Crippen LogP contribution is 2.24. The standard InChI is InChI=1S/C17H21NO2/c1-12-9-13(2)11-14(10-12)15-7-6-8-18(15)16(19)20-17(3,4)5/h6-11H,1-5H3. The van der Waals surface area contributed by atoms with E-state index in [0.717, 1.165) is 11.3 Å². The second-order valence-electron chi connectivity index (χ2n) is 6.12. The fraction of sp³-hybridized carbons (Fsp3) is 0.353. The van der Waals surface area contributed by atoms with Crippen LogP contribution in [0.25, 0.3) is 11.3 Å². The summed E-state index contributed by atoms with van der Waals surface area (Å²) in [6, 6.07) is 10.0. The number of carbonyl (C=O) groups excluding carboxylic acids is 1. The third-order valence-electron chi connectivity index (χ3n) is 2.86. The highest BCUT2D eigenvalue weighted by Gasteiger charge is 2.19. The smallest absolute Gasteiger partial charge is 0.418 e. The van der Waals surface area contributed by atoms with E-state index >= 15 is 0 Å². The van der Waals surface area contributed by atoms with Gasteiger partial charge in [-0.05, 0) is 64.4 Å². The van der Waals surface area contributed by atoms with Gasteiger partial charge in [0, 0.05) is 6.20 Å². The van der Waals surface area contributed by atoms with Gasteiger partial charge in [-0.25, -0.2) is 4.79 Å². The van der Waals surface area contributed by atoms with E-state index in [2.05, 4.69) is 32.0 Å². The van der Waals surface area contributed by atoms with Crippen molar-refractivity contribution in [3.63, 3.8) is 0 Å². The molecule has 0 saturated heterocycles. The monoisotopic (exact) mass is 271 g/mol. The molecule has 0 unspecified atom stereocenters. The van der Waals surface area contributed by atoms with Crippen LogP contribution in [0, 0.1) is 13.8 Å². The zero-order valence-corrected chi connectivity index (χ0v) is 12.7. The molecule has 0 atom stereocenters. The number of hydrogen-bond donors (Lipinski definition) is 0. The number of ether oxygens (including phenoxy) is 1. The fourth-order valence-corrected chi connectivity index (χ4v) is 2.21. The Morgan fingerprint density at radius 2 is 1.70 bits per heavy atom. The molecule has 0 amide bonds. The topological polar surface area (TPSA) is 31.2 Å². The summed E-state index contributed by atoms with van der Waals surface area (Å²) in [5.41, 5.74) is 3.74. The number of benzene rings is 1. The number of carbonyl (C=O) groups is 1. The molecule has 2 rings (SSSR count). The van der Waals surface area contributed by atoms with Gasteiger partial charge < -0.3 is 4.74 Å². The summed E-state index contributed by atoms with van der Waals surface area (Å²) in [5.74, 6) is 0. The molecule has 3 heteroatoms. The Hall–Kier alpha value is -2.03. The molecule has 1 aromatic heterocycles. The van der Waals surface area contributed by atoms with E-state index in [1.807, 2.05) is 32.9 Å². The van der Waals surface area contributed by atoms with Gasteiger partial charge in [-0.2, -0.15) is 0 Å². The molecule has 0 radical (unpaired) electrons. The van der Waals surface area contributed by atoms with Crippen molar-refractivity contribution in [1.29, 1.82) is 0 Å². The van der Waals surface area contributed by atoms with E-state index in [1.54, 1.807) is 10.8 Å². The van der Waals surface area contributed by atoms with Crippen LogP contribution in [0.15, 0.2) is 36.5 Å². The molecule has 1 heterocycles. The van der Waals surface area contributed by atoms with Gasteiger partial charge in [0.25, 0.3) is 0 Å². The van der Waals surface area contributed by atoms with Crippen LogP contribution in [0.5, 0.6) is 0 Å². The van der Waals surface area contributed by atoms with Crippen molar-refractivity contribution >= 4 is 6.09 Å². The average molecular weight is 271 g/mol. The summed E-state index contributed by atoms with van der Waals surface area (Å²) in [7, 11) is 0. The third-order valence-corrected chi connectivity index (χ3v) is 2.86. The Morgan fingerprint density at radius 1 is 1.10 bits per heavy atom. The van der Waals surface area contributed by atoms with Crippen LogP contribution >= 0.6 is 0 Å². The lowest BCUT2D eigenvalue weighted by Gasteiger charge is -2.20. The first-order chi connectivity index (χ1) is 9.26. The predicted octanol–water partition coefficient (Wildman–Crippen LogP) is 4.56. The minimum Gasteiger partial charge on any atom is -0.443 e. The minimum atomic E-state index is -0.499. The van der Waals surface area contributed by atoms with Crippen LogP contribution in [0.1, 0.15) is 31.9 Å². The molecule has 0 spiro atoms. The number of rotatable bonds is 1. The summed E-state index contributed by atoms with van der Waals surface area (Å²) in [6.45, 7) is 9.70. The van der Waals surface area contributed by atoms with Gasteiger partial charge >= 0.3 is 6.09 Å². The van der Waals surface area contributed by atoms with Crippen molar-refractivity contribution in [2.75, 3.05) is 0 Å².